The maximum atomic E-state index is 11.8. The molecule has 0 radical (unpaired) electrons. The van der Waals surface area contributed by atoms with Crippen molar-refractivity contribution in [3.05, 3.63) is 29.8 Å². The smallest absolute Gasteiger partial charge is 0.178 e. The fourth-order valence-corrected chi connectivity index (χ4v) is 3.96. The van der Waals surface area contributed by atoms with Gasteiger partial charge in [0.15, 0.2) is 9.84 Å². The topological polar surface area (TPSA) is 34.1 Å². The predicted molar refractivity (Wildman–Crippen MR) is 60.7 cm³/mol. The van der Waals surface area contributed by atoms with Crippen LogP contribution in [0.2, 0.25) is 0 Å². The lowest BCUT2D eigenvalue weighted by Gasteiger charge is -2.28. The van der Waals surface area contributed by atoms with Crippen LogP contribution in [0.4, 0.5) is 0 Å². The Kier molecular flexibility index (Phi) is 2.59. The van der Waals surface area contributed by atoms with Crippen molar-refractivity contribution in [1.29, 1.82) is 0 Å². The van der Waals surface area contributed by atoms with E-state index < -0.39 is 9.84 Å². The van der Waals surface area contributed by atoms with Crippen molar-refractivity contribution in [3.63, 3.8) is 0 Å². The summed E-state index contributed by atoms with van der Waals surface area (Å²) in [5, 5.41) is 0. The average molecular weight is 224 g/mol. The average Bonchev–Trinajstić information content (AvgIpc) is 2.17. The van der Waals surface area contributed by atoms with Crippen molar-refractivity contribution >= 4 is 9.84 Å². The van der Waals surface area contributed by atoms with Crippen molar-refractivity contribution in [2.24, 2.45) is 5.92 Å². The van der Waals surface area contributed by atoms with Gasteiger partial charge in [-0.2, -0.15) is 0 Å². The second kappa shape index (κ2) is 3.63. The first-order valence-corrected chi connectivity index (χ1v) is 6.99. The second-order valence-corrected chi connectivity index (χ2v) is 6.57. The predicted octanol–water partition coefficient (Wildman–Crippen LogP) is 2.60. The van der Waals surface area contributed by atoms with Crippen LogP contribution in [0.25, 0.3) is 0 Å². The maximum Gasteiger partial charge on any atom is 0.178 e. The Hall–Kier alpha value is -0.830. The Balaban J connectivity index is 2.59. The zero-order valence-electron chi connectivity index (χ0n) is 9.10. The van der Waals surface area contributed by atoms with Crippen molar-refractivity contribution in [1.82, 2.24) is 0 Å². The Morgan fingerprint density at radius 3 is 2.60 bits per heavy atom. The highest BCUT2D eigenvalue weighted by atomic mass is 32.2. The fourth-order valence-electron chi connectivity index (χ4n) is 2.31. The van der Waals surface area contributed by atoms with Crippen LogP contribution in [0, 0.1) is 5.92 Å². The van der Waals surface area contributed by atoms with Gasteiger partial charge in [-0.25, -0.2) is 8.42 Å². The van der Waals surface area contributed by atoms with Crippen molar-refractivity contribution in [2.45, 2.75) is 31.1 Å². The van der Waals surface area contributed by atoms with E-state index in [0.29, 0.717) is 22.5 Å². The maximum absolute atomic E-state index is 11.8. The van der Waals surface area contributed by atoms with Gasteiger partial charge in [0, 0.05) is 0 Å². The Morgan fingerprint density at radius 2 is 1.93 bits per heavy atom. The van der Waals surface area contributed by atoms with Crippen LogP contribution in [-0.4, -0.2) is 14.2 Å². The number of sulfone groups is 1. The van der Waals surface area contributed by atoms with Gasteiger partial charge in [0.05, 0.1) is 10.6 Å². The third-order valence-corrected chi connectivity index (χ3v) is 4.97. The molecule has 2 rings (SSSR count). The quantitative estimate of drug-likeness (QED) is 0.734. The first-order chi connectivity index (χ1) is 7.02. The summed E-state index contributed by atoms with van der Waals surface area (Å²) in [4.78, 5) is 0.551. The van der Waals surface area contributed by atoms with Crippen LogP contribution in [0.15, 0.2) is 29.2 Å². The van der Waals surface area contributed by atoms with E-state index >= 15 is 0 Å². The third kappa shape index (κ3) is 1.81. The van der Waals surface area contributed by atoms with Gasteiger partial charge in [-0.1, -0.05) is 32.0 Å². The molecule has 0 amide bonds. The van der Waals surface area contributed by atoms with Gasteiger partial charge in [0.1, 0.15) is 0 Å². The van der Waals surface area contributed by atoms with Crippen molar-refractivity contribution in [2.75, 3.05) is 5.75 Å². The Morgan fingerprint density at radius 1 is 1.27 bits per heavy atom. The lowest BCUT2D eigenvalue weighted by molar-refractivity contribution is 0.464. The van der Waals surface area contributed by atoms with Gasteiger partial charge in [-0.3, -0.25) is 0 Å². The van der Waals surface area contributed by atoms with Crippen LogP contribution in [0.1, 0.15) is 31.7 Å². The van der Waals surface area contributed by atoms with Crippen LogP contribution < -0.4 is 0 Å². The summed E-state index contributed by atoms with van der Waals surface area (Å²) in [6.45, 7) is 4.30. The molecule has 2 nitrogen and oxygen atoms in total. The summed E-state index contributed by atoms with van der Waals surface area (Å²) in [5.41, 5.74) is 1.01. The monoisotopic (exact) mass is 224 g/mol. The van der Waals surface area contributed by atoms with Gasteiger partial charge >= 0.3 is 0 Å². The minimum Gasteiger partial charge on any atom is -0.224 e. The molecule has 1 aliphatic heterocycles. The molecule has 0 N–H and O–H groups in total. The highest BCUT2D eigenvalue weighted by Gasteiger charge is 2.31. The first kappa shape index (κ1) is 10.7. The van der Waals surface area contributed by atoms with Crippen molar-refractivity contribution in [3.8, 4) is 0 Å². The lowest BCUT2D eigenvalue weighted by atomic mass is 9.86. The number of hydrogen-bond donors (Lipinski definition) is 0. The standard InChI is InChI=1S/C12H16O2S/c1-9(2)10-7-8-15(13,14)12-6-4-3-5-11(10)12/h3-6,9-10H,7-8H2,1-2H3/t10-/m1/s1. The van der Waals surface area contributed by atoms with E-state index in [2.05, 4.69) is 13.8 Å². The molecule has 0 saturated carbocycles. The molecule has 0 bridgehead atoms. The Labute approximate surface area is 91.2 Å². The van der Waals surface area contributed by atoms with E-state index in [4.69, 9.17) is 0 Å². The summed E-state index contributed by atoms with van der Waals surface area (Å²) in [6.07, 6.45) is 0.761. The summed E-state index contributed by atoms with van der Waals surface area (Å²) in [5.74, 6) is 1.19. The zero-order chi connectivity index (χ0) is 11.1. The summed E-state index contributed by atoms with van der Waals surface area (Å²) < 4.78 is 23.7. The first-order valence-electron chi connectivity index (χ1n) is 5.34. The van der Waals surface area contributed by atoms with E-state index in [1.807, 2.05) is 12.1 Å². The van der Waals surface area contributed by atoms with Crippen LogP contribution in [0.5, 0.6) is 0 Å². The molecule has 0 saturated heterocycles. The minimum atomic E-state index is -3.01. The molecule has 3 heteroatoms. The molecule has 0 fully saturated rings. The molecule has 1 atom stereocenters. The molecule has 0 aliphatic carbocycles. The van der Waals surface area contributed by atoms with Gasteiger partial charge in [0.2, 0.25) is 0 Å². The van der Waals surface area contributed by atoms with Gasteiger partial charge in [-0.05, 0) is 29.9 Å². The number of benzene rings is 1. The molecule has 82 valence electrons. The lowest BCUT2D eigenvalue weighted by Crippen LogP contribution is -2.22. The van der Waals surface area contributed by atoms with Gasteiger partial charge in [0.25, 0.3) is 0 Å². The van der Waals surface area contributed by atoms with E-state index in [0.717, 1.165) is 12.0 Å². The summed E-state index contributed by atoms with van der Waals surface area (Å²) in [7, 11) is -3.01. The van der Waals surface area contributed by atoms with Gasteiger partial charge in [-0.15, -0.1) is 0 Å². The number of hydrogen-bond acceptors (Lipinski definition) is 2. The zero-order valence-corrected chi connectivity index (χ0v) is 9.92. The molecule has 0 aromatic heterocycles. The molecule has 1 aliphatic rings. The molecular weight excluding hydrogens is 208 g/mol. The largest absolute Gasteiger partial charge is 0.224 e. The van der Waals surface area contributed by atoms with E-state index in [1.54, 1.807) is 12.1 Å². The Bertz CT molecular complexity index is 460. The van der Waals surface area contributed by atoms with Crippen LogP contribution in [-0.2, 0) is 9.84 Å². The normalized spacial score (nSPS) is 23.8. The summed E-state index contributed by atoms with van der Waals surface area (Å²) in [6, 6.07) is 7.42. The molecule has 1 aromatic carbocycles. The van der Waals surface area contributed by atoms with Gasteiger partial charge < -0.3 is 0 Å². The fraction of sp³-hybridized carbons (Fsp3) is 0.500. The highest BCUT2D eigenvalue weighted by Crippen LogP contribution is 2.37. The number of fused-ring (bicyclic) bond motifs is 1. The number of rotatable bonds is 1. The molecule has 1 heterocycles. The minimum absolute atomic E-state index is 0.298. The molecule has 0 spiro atoms. The van der Waals surface area contributed by atoms with E-state index in [9.17, 15) is 8.42 Å². The van der Waals surface area contributed by atoms with Crippen LogP contribution >= 0.6 is 0 Å². The molecular formula is C12H16O2S. The van der Waals surface area contributed by atoms with E-state index in [1.165, 1.54) is 0 Å². The second-order valence-electron chi connectivity index (χ2n) is 4.50. The molecule has 0 unspecified atom stereocenters. The highest BCUT2D eigenvalue weighted by molar-refractivity contribution is 7.91. The molecule has 1 aromatic rings. The summed E-state index contributed by atoms with van der Waals surface area (Å²) >= 11 is 0. The van der Waals surface area contributed by atoms with Crippen LogP contribution in [0.3, 0.4) is 0 Å². The third-order valence-electron chi connectivity index (χ3n) is 3.16. The molecule has 15 heavy (non-hydrogen) atoms. The van der Waals surface area contributed by atoms with Crippen molar-refractivity contribution < 1.29 is 8.42 Å². The van der Waals surface area contributed by atoms with E-state index in [-0.39, 0.29) is 0 Å². The SMILES string of the molecule is CC(C)[C@H]1CCS(=O)(=O)c2ccccc21.